The molecule has 5 aromatic rings. The van der Waals surface area contributed by atoms with Crippen LogP contribution in [-0.2, 0) is 20.2 Å². The van der Waals surface area contributed by atoms with Crippen LogP contribution in [0, 0.1) is 6.92 Å². The van der Waals surface area contributed by atoms with Crippen molar-refractivity contribution in [3.05, 3.63) is 149 Å². The fourth-order valence-electron chi connectivity index (χ4n) is 4.68. The molecule has 0 radical (unpaired) electrons. The standard InChI is InChI=1S/C20H14O4.C13H12O3S/c21-15-9-5-13(6-10-15)20(14-7-11-16(22)12-8-14)18-4-2-1-3-17(18)19(23)24-20;1-10-2-6-12(7-3-10)17(15,16)13-8-4-11(14)5-9-13/h1-12,21-22H;2-9,14H,1H3. The number of carbonyl (C=O) groups excluding carboxylic acids is 1. The first-order valence-corrected chi connectivity index (χ1v) is 14.1. The van der Waals surface area contributed by atoms with E-state index in [9.17, 15) is 23.4 Å². The minimum Gasteiger partial charge on any atom is -0.508 e. The Kier molecular flexibility index (Phi) is 7.26. The molecule has 1 aliphatic heterocycles. The van der Waals surface area contributed by atoms with E-state index in [-0.39, 0.29) is 27.0 Å². The van der Waals surface area contributed by atoms with E-state index >= 15 is 0 Å². The lowest BCUT2D eigenvalue weighted by Gasteiger charge is -2.30. The molecule has 5 aromatic carbocycles. The molecule has 0 fully saturated rings. The largest absolute Gasteiger partial charge is 0.508 e. The Hall–Kier alpha value is -5.08. The predicted octanol–water partition coefficient (Wildman–Crippen LogP) is 6.09. The van der Waals surface area contributed by atoms with Gasteiger partial charge in [-0.25, -0.2) is 13.2 Å². The Labute approximate surface area is 237 Å². The van der Waals surface area contributed by atoms with Crippen LogP contribution in [0.25, 0.3) is 0 Å². The van der Waals surface area contributed by atoms with E-state index in [1.165, 1.54) is 24.3 Å². The number of rotatable bonds is 4. The number of hydrogen-bond donors (Lipinski definition) is 3. The van der Waals surface area contributed by atoms with Crippen molar-refractivity contribution in [3.63, 3.8) is 0 Å². The van der Waals surface area contributed by atoms with Crippen LogP contribution in [0.1, 0.15) is 32.6 Å². The van der Waals surface area contributed by atoms with E-state index in [2.05, 4.69) is 0 Å². The highest BCUT2D eigenvalue weighted by molar-refractivity contribution is 7.91. The van der Waals surface area contributed by atoms with Crippen LogP contribution in [0.15, 0.2) is 131 Å². The minimum atomic E-state index is -3.48. The highest BCUT2D eigenvalue weighted by Gasteiger charge is 2.48. The number of cyclic esters (lactones) is 1. The summed E-state index contributed by atoms with van der Waals surface area (Å²) < 4.78 is 30.2. The Morgan fingerprint density at radius 1 is 0.585 bits per heavy atom. The zero-order valence-corrected chi connectivity index (χ0v) is 22.7. The number of hydrogen-bond acceptors (Lipinski definition) is 7. The molecule has 41 heavy (non-hydrogen) atoms. The number of sulfone groups is 1. The van der Waals surface area contributed by atoms with Crippen LogP contribution in [0.3, 0.4) is 0 Å². The molecule has 0 saturated heterocycles. The van der Waals surface area contributed by atoms with Crippen LogP contribution in [0.4, 0.5) is 0 Å². The monoisotopic (exact) mass is 566 g/mol. The van der Waals surface area contributed by atoms with Crippen molar-refractivity contribution in [2.24, 2.45) is 0 Å². The smallest absolute Gasteiger partial charge is 0.340 e. The maximum atomic E-state index is 12.4. The van der Waals surface area contributed by atoms with Crippen molar-refractivity contribution in [1.29, 1.82) is 0 Å². The van der Waals surface area contributed by atoms with Crippen molar-refractivity contribution in [2.45, 2.75) is 22.3 Å². The predicted molar refractivity (Wildman–Crippen MR) is 153 cm³/mol. The zero-order valence-electron chi connectivity index (χ0n) is 21.9. The molecule has 8 heteroatoms. The third-order valence-electron chi connectivity index (χ3n) is 6.80. The molecule has 1 aliphatic rings. The molecule has 0 aliphatic carbocycles. The summed E-state index contributed by atoms with van der Waals surface area (Å²) in [6, 6.07) is 32.6. The lowest BCUT2D eigenvalue weighted by Crippen LogP contribution is -2.29. The van der Waals surface area contributed by atoms with E-state index in [1.807, 2.05) is 19.1 Å². The van der Waals surface area contributed by atoms with Crippen molar-refractivity contribution in [1.82, 2.24) is 0 Å². The summed E-state index contributed by atoms with van der Waals surface area (Å²) in [7, 11) is -3.48. The van der Waals surface area contributed by atoms with Gasteiger partial charge in [0.05, 0.1) is 15.4 Å². The highest BCUT2D eigenvalue weighted by atomic mass is 32.2. The van der Waals surface area contributed by atoms with Gasteiger partial charge in [0.2, 0.25) is 9.84 Å². The van der Waals surface area contributed by atoms with Crippen molar-refractivity contribution in [2.75, 3.05) is 0 Å². The second-order valence-corrected chi connectivity index (χ2v) is 11.5. The molecule has 206 valence electrons. The molecular weight excluding hydrogens is 540 g/mol. The SMILES string of the molecule is Cc1ccc(S(=O)(=O)c2ccc(O)cc2)cc1.O=C1OC(c2ccc(O)cc2)(c2ccc(O)cc2)c2ccccc21. The summed E-state index contributed by atoms with van der Waals surface area (Å²) in [4.78, 5) is 12.9. The van der Waals surface area contributed by atoms with Crippen LogP contribution in [0.2, 0.25) is 0 Å². The Morgan fingerprint density at radius 3 is 1.49 bits per heavy atom. The third kappa shape index (κ3) is 5.25. The molecule has 0 bridgehead atoms. The lowest BCUT2D eigenvalue weighted by molar-refractivity contribution is 0.0251. The molecule has 0 unspecified atom stereocenters. The van der Waals surface area contributed by atoms with E-state index in [1.54, 1.807) is 84.9 Å². The molecule has 0 spiro atoms. The van der Waals surface area contributed by atoms with E-state index < -0.39 is 21.4 Å². The number of aryl methyl sites for hydroxylation is 1. The topological polar surface area (TPSA) is 121 Å². The molecule has 0 saturated carbocycles. The van der Waals surface area contributed by atoms with Crippen molar-refractivity contribution >= 4 is 15.8 Å². The summed E-state index contributed by atoms with van der Waals surface area (Å²) in [5, 5.41) is 28.3. The Balaban J connectivity index is 0.000000175. The quantitative estimate of drug-likeness (QED) is 0.225. The highest BCUT2D eigenvalue weighted by Crippen LogP contribution is 2.47. The molecule has 0 aromatic heterocycles. The van der Waals surface area contributed by atoms with E-state index in [4.69, 9.17) is 9.84 Å². The lowest BCUT2D eigenvalue weighted by atomic mass is 9.80. The molecule has 0 amide bonds. The summed E-state index contributed by atoms with van der Waals surface area (Å²) in [5.74, 6) is -0.0750. The molecule has 1 heterocycles. The van der Waals surface area contributed by atoms with Crippen molar-refractivity contribution < 1.29 is 33.3 Å². The number of phenolic OH excluding ortho intramolecular Hbond substituents is 3. The van der Waals surface area contributed by atoms with Gasteiger partial charge < -0.3 is 20.1 Å². The van der Waals surface area contributed by atoms with Gasteiger partial charge in [-0.15, -0.1) is 0 Å². The second-order valence-electron chi connectivity index (χ2n) is 9.52. The number of fused-ring (bicyclic) bond motifs is 1. The van der Waals surface area contributed by atoms with Gasteiger partial charge >= 0.3 is 5.97 Å². The molecule has 7 nitrogen and oxygen atoms in total. The van der Waals surface area contributed by atoms with Crippen LogP contribution < -0.4 is 0 Å². The normalized spacial score (nSPS) is 13.4. The summed E-state index contributed by atoms with van der Waals surface area (Å²) in [6.45, 7) is 1.90. The number of carbonyl (C=O) groups is 1. The van der Waals surface area contributed by atoms with Gasteiger partial charge in [0.25, 0.3) is 0 Å². The number of phenols is 3. The maximum Gasteiger partial charge on any atom is 0.340 e. The van der Waals surface area contributed by atoms with E-state index in [0.29, 0.717) is 5.56 Å². The van der Waals surface area contributed by atoms with Gasteiger partial charge in [0, 0.05) is 16.7 Å². The average Bonchev–Trinajstić information content (AvgIpc) is 3.28. The Morgan fingerprint density at radius 2 is 1.00 bits per heavy atom. The number of esters is 1. The van der Waals surface area contributed by atoms with Gasteiger partial charge in [-0.05, 0) is 73.7 Å². The first-order valence-electron chi connectivity index (χ1n) is 12.6. The molecule has 3 N–H and O–H groups in total. The van der Waals surface area contributed by atoms with Crippen LogP contribution >= 0.6 is 0 Å². The molecule has 0 atom stereocenters. The third-order valence-corrected chi connectivity index (χ3v) is 8.58. The minimum absolute atomic E-state index is 0.0489. The maximum absolute atomic E-state index is 12.4. The first kappa shape index (κ1) is 27.5. The number of ether oxygens (including phenoxy) is 1. The zero-order chi connectivity index (χ0) is 29.2. The number of aromatic hydroxyl groups is 3. The van der Waals surface area contributed by atoms with Gasteiger partial charge in [0.1, 0.15) is 17.2 Å². The van der Waals surface area contributed by atoms with E-state index in [0.717, 1.165) is 22.3 Å². The van der Waals surface area contributed by atoms with Gasteiger partial charge in [-0.1, -0.05) is 60.2 Å². The second kappa shape index (κ2) is 10.8. The van der Waals surface area contributed by atoms with Gasteiger partial charge in [-0.3, -0.25) is 0 Å². The number of benzene rings is 5. The van der Waals surface area contributed by atoms with Gasteiger partial charge in [-0.2, -0.15) is 0 Å². The van der Waals surface area contributed by atoms with Crippen LogP contribution in [-0.4, -0.2) is 29.7 Å². The summed E-state index contributed by atoms with van der Waals surface area (Å²) in [6.07, 6.45) is 0. The fourth-order valence-corrected chi connectivity index (χ4v) is 5.94. The summed E-state index contributed by atoms with van der Waals surface area (Å²) in [5.41, 5.74) is 2.61. The van der Waals surface area contributed by atoms with Crippen LogP contribution in [0.5, 0.6) is 17.2 Å². The molecule has 6 rings (SSSR count). The summed E-state index contributed by atoms with van der Waals surface area (Å²) >= 11 is 0. The van der Waals surface area contributed by atoms with Gasteiger partial charge in [0.15, 0.2) is 5.60 Å². The Bertz CT molecular complexity index is 1700. The fraction of sp³-hybridized carbons (Fsp3) is 0.0606. The van der Waals surface area contributed by atoms with Crippen molar-refractivity contribution in [3.8, 4) is 17.2 Å². The molecular formula is C33H26O7S. The first-order chi connectivity index (χ1) is 19.6. The average molecular weight is 567 g/mol.